The van der Waals surface area contributed by atoms with Gasteiger partial charge in [0.2, 0.25) is 10.0 Å². The average Bonchev–Trinajstić information content (AvgIpc) is 2.93. The first-order valence-corrected chi connectivity index (χ1v) is 15.5. The molecule has 0 fully saturated rings. The van der Waals surface area contributed by atoms with E-state index in [1.54, 1.807) is 17.9 Å². The van der Waals surface area contributed by atoms with Crippen molar-refractivity contribution in [2.75, 3.05) is 52.3 Å². The third kappa shape index (κ3) is 8.41. The zero-order valence-electron chi connectivity index (χ0n) is 24.9. The van der Waals surface area contributed by atoms with Crippen LogP contribution < -0.4 is 9.64 Å². The molecular formula is C30H44FN3O6S. The Hall–Kier alpha value is -2.73. The number of halogens is 1. The summed E-state index contributed by atoms with van der Waals surface area (Å²) < 4.78 is 53.6. The van der Waals surface area contributed by atoms with Gasteiger partial charge in [-0.3, -0.25) is 4.79 Å². The first kappa shape index (κ1) is 32.8. The number of carbonyl (C=O) groups excluding carboxylic acids is 1. The molecule has 1 N–H and O–H groups in total. The molecule has 0 spiro atoms. The van der Waals surface area contributed by atoms with Crippen LogP contribution in [0.2, 0.25) is 0 Å². The molecule has 1 heterocycles. The molecule has 41 heavy (non-hydrogen) atoms. The first-order valence-electron chi connectivity index (χ1n) is 14.1. The molecule has 1 aliphatic rings. The van der Waals surface area contributed by atoms with Gasteiger partial charge in [-0.2, -0.15) is 4.31 Å². The maximum atomic E-state index is 14.1. The Kier molecular flexibility index (Phi) is 11.5. The third-order valence-corrected chi connectivity index (χ3v) is 9.35. The number of aliphatic hydroxyl groups is 1. The molecule has 1 aliphatic heterocycles. The van der Waals surface area contributed by atoms with E-state index in [4.69, 9.17) is 9.47 Å². The van der Waals surface area contributed by atoms with Gasteiger partial charge in [-0.15, -0.1) is 0 Å². The lowest BCUT2D eigenvalue weighted by atomic mass is 10.0. The Bertz CT molecular complexity index is 1260. The molecule has 0 radical (unpaired) electrons. The van der Waals surface area contributed by atoms with E-state index in [1.165, 1.54) is 23.5 Å². The number of likely N-dealkylation sites (N-methyl/N-ethyl adjacent to an activating group) is 1. The van der Waals surface area contributed by atoms with Crippen LogP contribution in [0.4, 0.5) is 10.1 Å². The first-order chi connectivity index (χ1) is 19.3. The van der Waals surface area contributed by atoms with Crippen LogP contribution in [0.3, 0.4) is 0 Å². The van der Waals surface area contributed by atoms with E-state index in [0.29, 0.717) is 17.9 Å². The summed E-state index contributed by atoms with van der Waals surface area (Å²) in [5, 5.41) is 10.1. The Morgan fingerprint density at radius 2 is 1.78 bits per heavy atom. The highest BCUT2D eigenvalue weighted by atomic mass is 32.2. The average molecular weight is 594 g/mol. The number of amides is 1. The molecule has 3 rings (SSSR count). The van der Waals surface area contributed by atoms with E-state index in [2.05, 4.69) is 0 Å². The van der Waals surface area contributed by atoms with Gasteiger partial charge >= 0.3 is 0 Å². The van der Waals surface area contributed by atoms with Crippen molar-refractivity contribution in [2.45, 2.75) is 63.2 Å². The van der Waals surface area contributed by atoms with Crippen molar-refractivity contribution < 1.29 is 32.2 Å². The van der Waals surface area contributed by atoms with Crippen LogP contribution in [0.25, 0.3) is 0 Å². The number of benzene rings is 2. The maximum Gasteiger partial charge on any atom is 0.258 e. The smallest absolute Gasteiger partial charge is 0.258 e. The monoisotopic (exact) mass is 593 g/mol. The van der Waals surface area contributed by atoms with E-state index in [0.717, 1.165) is 37.1 Å². The molecule has 9 nitrogen and oxygen atoms in total. The summed E-state index contributed by atoms with van der Waals surface area (Å²) in [7, 11) is 1.36. The lowest BCUT2D eigenvalue weighted by Crippen LogP contribution is -2.48. The second-order valence-electron chi connectivity index (χ2n) is 11.1. The minimum absolute atomic E-state index is 0.0112. The lowest BCUT2D eigenvalue weighted by molar-refractivity contribution is -0.00833. The Morgan fingerprint density at radius 1 is 1.10 bits per heavy atom. The number of ether oxygens (including phenoxy) is 2. The van der Waals surface area contributed by atoms with Crippen LogP contribution in [-0.4, -0.2) is 94.3 Å². The number of carbonyl (C=O) groups is 1. The predicted molar refractivity (Wildman–Crippen MR) is 157 cm³/mol. The van der Waals surface area contributed by atoms with Gasteiger partial charge in [-0.25, -0.2) is 12.8 Å². The Morgan fingerprint density at radius 3 is 2.41 bits per heavy atom. The topological polar surface area (TPSA) is 99.6 Å². The van der Waals surface area contributed by atoms with Crippen molar-refractivity contribution in [1.29, 1.82) is 0 Å². The fraction of sp³-hybridized carbons (Fsp3) is 0.567. The van der Waals surface area contributed by atoms with Crippen LogP contribution >= 0.6 is 0 Å². The van der Waals surface area contributed by atoms with Crippen LogP contribution in [0.15, 0.2) is 47.4 Å². The van der Waals surface area contributed by atoms with Gasteiger partial charge < -0.3 is 24.4 Å². The highest BCUT2D eigenvalue weighted by Crippen LogP contribution is 2.29. The molecule has 228 valence electrons. The summed E-state index contributed by atoms with van der Waals surface area (Å²) in [6.45, 7) is 6.08. The molecule has 0 bridgehead atoms. The molecular weight excluding hydrogens is 549 g/mol. The lowest BCUT2D eigenvalue weighted by Gasteiger charge is -2.35. The highest BCUT2D eigenvalue weighted by molar-refractivity contribution is 7.89. The summed E-state index contributed by atoms with van der Waals surface area (Å²) in [5.41, 5.74) is 1.24. The van der Waals surface area contributed by atoms with Crippen LogP contribution in [-0.2, 0) is 14.8 Å². The summed E-state index contributed by atoms with van der Waals surface area (Å²) in [4.78, 5) is 17.6. The van der Waals surface area contributed by atoms with Crippen LogP contribution in [0.5, 0.6) is 5.75 Å². The van der Waals surface area contributed by atoms with Crippen molar-refractivity contribution in [3.8, 4) is 5.75 Å². The SMILES string of the molecule is C[C@H]1CCCCO[C@H](CN(C)S(=O)(=O)c2ccc(F)cc2)[C@@H](C)CN([C@@H](C)CO)C(=O)c2cc(N(C)C)ccc2O1. The molecule has 2 aromatic rings. The van der Waals surface area contributed by atoms with Gasteiger partial charge in [-0.1, -0.05) is 6.92 Å². The largest absolute Gasteiger partial charge is 0.490 e. The van der Waals surface area contributed by atoms with Gasteiger partial charge in [0.15, 0.2) is 0 Å². The van der Waals surface area contributed by atoms with Crippen LogP contribution in [0, 0.1) is 11.7 Å². The molecule has 4 atom stereocenters. The maximum absolute atomic E-state index is 14.1. The van der Waals surface area contributed by atoms with Crippen molar-refractivity contribution in [3.63, 3.8) is 0 Å². The fourth-order valence-corrected chi connectivity index (χ4v) is 5.97. The Balaban J connectivity index is 1.96. The number of hydrogen-bond acceptors (Lipinski definition) is 7. The molecule has 0 aliphatic carbocycles. The summed E-state index contributed by atoms with van der Waals surface area (Å²) >= 11 is 0. The van der Waals surface area contributed by atoms with E-state index < -0.39 is 28.0 Å². The van der Waals surface area contributed by atoms with Gasteiger partial charge in [0, 0.05) is 52.4 Å². The minimum atomic E-state index is -3.90. The molecule has 0 aromatic heterocycles. The summed E-state index contributed by atoms with van der Waals surface area (Å²) in [5.74, 6) is -0.600. The number of hydrogen-bond donors (Lipinski definition) is 1. The number of aliphatic hydroxyl groups excluding tert-OH is 1. The zero-order chi connectivity index (χ0) is 30.3. The molecule has 0 saturated heterocycles. The second kappa shape index (κ2) is 14.4. The minimum Gasteiger partial charge on any atom is -0.490 e. The van der Waals surface area contributed by atoms with Crippen molar-refractivity contribution in [2.24, 2.45) is 5.92 Å². The standard InChI is InChI=1S/C30H44FN3O6S/c1-21-18-34(22(2)20-35)30(36)27-17-25(32(4)5)12-15-28(27)40-23(3)9-7-8-16-39-29(21)19-33(6)41(37,38)26-13-10-24(31)11-14-26/h10-15,17,21-23,29,35H,7-9,16,18-20H2,1-6H3/t21-,22-,23-,29+/m0/s1. The van der Waals surface area contributed by atoms with E-state index >= 15 is 0 Å². The highest BCUT2D eigenvalue weighted by Gasteiger charge is 2.32. The molecule has 1 amide bonds. The molecule has 11 heteroatoms. The van der Waals surface area contributed by atoms with Crippen molar-refractivity contribution >= 4 is 21.6 Å². The van der Waals surface area contributed by atoms with Gasteiger partial charge in [0.25, 0.3) is 5.91 Å². The molecule has 2 aromatic carbocycles. The zero-order valence-corrected chi connectivity index (χ0v) is 25.7. The Labute approximate surface area is 243 Å². The van der Waals surface area contributed by atoms with Crippen LogP contribution in [0.1, 0.15) is 50.4 Å². The van der Waals surface area contributed by atoms with E-state index in [9.17, 15) is 22.7 Å². The number of nitrogens with zero attached hydrogens (tertiary/aromatic N) is 3. The van der Waals surface area contributed by atoms with Crippen molar-refractivity contribution in [3.05, 3.63) is 53.8 Å². The fourth-order valence-electron chi connectivity index (χ4n) is 4.79. The molecule has 0 saturated carbocycles. The number of rotatable bonds is 7. The number of fused-ring (bicyclic) bond motifs is 1. The number of anilines is 1. The third-order valence-electron chi connectivity index (χ3n) is 7.51. The molecule has 0 unspecified atom stereocenters. The summed E-state index contributed by atoms with van der Waals surface area (Å²) in [6.07, 6.45) is 1.66. The predicted octanol–water partition coefficient (Wildman–Crippen LogP) is 4.01. The van der Waals surface area contributed by atoms with Gasteiger partial charge in [0.1, 0.15) is 11.6 Å². The van der Waals surface area contributed by atoms with E-state index in [-0.39, 0.29) is 42.5 Å². The second-order valence-corrected chi connectivity index (χ2v) is 13.2. The normalized spacial score (nSPS) is 22.0. The van der Waals surface area contributed by atoms with Gasteiger partial charge in [0.05, 0.1) is 35.3 Å². The van der Waals surface area contributed by atoms with Crippen molar-refractivity contribution in [1.82, 2.24) is 9.21 Å². The summed E-state index contributed by atoms with van der Waals surface area (Å²) in [6, 6.07) is 9.73. The van der Waals surface area contributed by atoms with E-state index in [1.807, 2.05) is 45.0 Å². The van der Waals surface area contributed by atoms with Gasteiger partial charge in [-0.05, 0) is 75.6 Å². The quantitative estimate of drug-likeness (QED) is 0.518. The number of sulfonamides is 1.